The molecular formula is C24H21N3O3. The number of aromatic nitrogens is 2. The molecule has 6 heteroatoms. The van der Waals surface area contributed by atoms with Crippen molar-refractivity contribution in [2.45, 2.75) is 19.0 Å². The van der Waals surface area contributed by atoms with Gasteiger partial charge in [0.2, 0.25) is 0 Å². The van der Waals surface area contributed by atoms with Crippen molar-refractivity contribution in [1.29, 1.82) is 0 Å². The molecule has 0 radical (unpaired) electrons. The zero-order chi connectivity index (χ0) is 20.7. The molecule has 4 aromatic rings. The summed E-state index contributed by atoms with van der Waals surface area (Å²) in [6, 6.07) is 17.9. The minimum atomic E-state index is -0.596. The summed E-state index contributed by atoms with van der Waals surface area (Å²) in [5.74, 6) is -0.0104. The van der Waals surface area contributed by atoms with E-state index in [2.05, 4.69) is 27.0 Å². The molecule has 1 unspecified atom stereocenters. The van der Waals surface area contributed by atoms with Crippen LogP contribution in [0, 0.1) is 0 Å². The first-order chi connectivity index (χ1) is 14.6. The van der Waals surface area contributed by atoms with Crippen molar-refractivity contribution >= 4 is 16.7 Å². The third kappa shape index (κ3) is 3.02. The number of aromatic amines is 1. The molecule has 0 aliphatic carbocycles. The van der Waals surface area contributed by atoms with Gasteiger partial charge in [0.25, 0.3) is 5.56 Å². The van der Waals surface area contributed by atoms with Crippen LogP contribution in [-0.4, -0.2) is 27.0 Å². The van der Waals surface area contributed by atoms with Crippen molar-refractivity contribution in [2.75, 3.05) is 6.54 Å². The number of nitrogens with zero attached hydrogens (tertiary/aromatic N) is 1. The number of H-pyrrole nitrogens is 1. The lowest BCUT2D eigenvalue weighted by Crippen LogP contribution is -2.38. The van der Waals surface area contributed by atoms with E-state index in [0.29, 0.717) is 13.1 Å². The van der Waals surface area contributed by atoms with Crippen LogP contribution < -0.4 is 10.9 Å². The highest BCUT2D eigenvalue weighted by Crippen LogP contribution is 2.35. The summed E-state index contributed by atoms with van der Waals surface area (Å²) in [6.45, 7) is 1.23. The third-order valence-corrected chi connectivity index (χ3v) is 5.74. The molecule has 6 nitrogen and oxygen atoms in total. The molecular weight excluding hydrogens is 378 g/mol. The maximum Gasteiger partial charge on any atom is 0.258 e. The molecule has 30 heavy (non-hydrogen) atoms. The largest absolute Gasteiger partial charge is 0.508 e. The van der Waals surface area contributed by atoms with Crippen molar-refractivity contribution in [1.82, 2.24) is 14.9 Å². The smallest absolute Gasteiger partial charge is 0.258 e. The van der Waals surface area contributed by atoms with Crippen LogP contribution in [0.5, 0.6) is 5.75 Å². The number of Topliss-reactive ketones (excluding diaryl/α,β-unsaturated/α-hetero) is 1. The average molecular weight is 399 g/mol. The first-order valence-corrected chi connectivity index (χ1v) is 9.96. The summed E-state index contributed by atoms with van der Waals surface area (Å²) >= 11 is 0. The van der Waals surface area contributed by atoms with Crippen LogP contribution in [0.1, 0.15) is 33.2 Å². The molecule has 0 amide bonds. The van der Waals surface area contributed by atoms with Crippen molar-refractivity contribution in [3.8, 4) is 5.75 Å². The van der Waals surface area contributed by atoms with Gasteiger partial charge in [-0.15, -0.1) is 0 Å². The molecule has 0 spiro atoms. The van der Waals surface area contributed by atoms with Crippen LogP contribution in [0.4, 0.5) is 0 Å². The van der Waals surface area contributed by atoms with Crippen LogP contribution in [0.3, 0.4) is 0 Å². The fourth-order valence-corrected chi connectivity index (χ4v) is 4.37. The van der Waals surface area contributed by atoms with Crippen molar-refractivity contribution < 1.29 is 9.90 Å². The predicted molar refractivity (Wildman–Crippen MR) is 115 cm³/mol. The Morgan fingerprint density at radius 1 is 1.07 bits per heavy atom. The molecule has 2 aromatic heterocycles. The number of rotatable bonds is 4. The van der Waals surface area contributed by atoms with Gasteiger partial charge in [-0.2, -0.15) is 0 Å². The number of aromatic hydroxyl groups is 1. The quantitative estimate of drug-likeness (QED) is 0.460. The summed E-state index contributed by atoms with van der Waals surface area (Å²) in [5, 5.41) is 14.1. The molecule has 1 atom stereocenters. The van der Waals surface area contributed by atoms with Gasteiger partial charge in [0.15, 0.2) is 5.78 Å². The number of pyridine rings is 1. The number of para-hydroxylation sites is 1. The molecule has 0 saturated carbocycles. The number of fused-ring (bicyclic) bond motifs is 3. The van der Waals surface area contributed by atoms with Gasteiger partial charge in [-0.1, -0.05) is 30.3 Å². The molecule has 3 N–H and O–H groups in total. The van der Waals surface area contributed by atoms with Crippen LogP contribution in [0.25, 0.3) is 10.9 Å². The standard InChI is InChI=1S/C24H21N3O3/c28-16-9-7-15(8-10-16)14-27-20-6-2-1-4-17(20)18-11-13-25-21(22(18)27)23(29)19-5-3-12-26-24(19)30/h1-10,12,21,25,28H,11,13-14H2,(H,26,30). The zero-order valence-electron chi connectivity index (χ0n) is 16.3. The Morgan fingerprint density at radius 3 is 2.67 bits per heavy atom. The first-order valence-electron chi connectivity index (χ1n) is 9.96. The SMILES string of the molecule is O=C(c1ccc[nH]c1=O)C1NCCc2c1n(Cc1ccc(O)cc1)c1ccccc21. The number of phenolic OH excluding ortho intramolecular Hbond substituents is 1. The van der Waals surface area contributed by atoms with E-state index in [1.54, 1.807) is 24.3 Å². The molecule has 5 rings (SSSR count). The summed E-state index contributed by atoms with van der Waals surface area (Å²) < 4.78 is 2.16. The maximum absolute atomic E-state index is 13.4. The summed E-state index contributed by atoms with van der Waals surface area (Å²) in [5.41, 5.74) is 3.91. The molecule has 3 heterocycles. The summed E-state index contributed by atoms with van der Waals surface area (Å²) in [4.78, 5) is 28.2. The van der Waals surface area contributed by atoms with Crippen molar-refractivity contribution in [3.05, 3.63) is 99.6 Å². The number of carbonyl (C=O) groups excluding carboxylic acids is 1. The van der Waals surface area contributed by atoms with Gasteiger partial charge in [-0.25, -0.2) is 0 Å². The topological polar surface area (TPSA) is 87.1 Å². The third-order valence-electron chi connectivity index (χ3n) is 5.74. The van der Waals surface area contributed by atoms with E-state index in [0.717, 1.165) is 34.1 Å². The molecule has 2 aromatic carbocycles. The van der Waals surface area contributed by atoms with Gasteiger partial charge in [-0.3, -0.25) is 9.59 Å². The van der Waals surface area contributed by atoms with Crippen molar-refractivity contribution in [2.24, 2.45) is 0 Å². The van der Waals surface area contributed by atoms with Gasteiger partial charge in [0, 0.05) is 35.9 Å². The van der Waals surface area contributed by atoms with Gasteiger partial charge < -0.3 is 20.0 Å². The summed E-state index contributed by atoms with van der Waals surface area (Å²) in [6.07, 6.45) is 2.34. The number of ketones is 1. The number of benzene rings is 2. The molecule has 1 aliphatic heterocycles. The van der Waals surface area contributed by atoms with Gasteiger partial charge in [0.1, 0.15) is 11.8 Å². The minimum Gasteiger partial charge on any atom is -0.508 e. The van der Waals surface area contributed by atoms with E-state index in [1.807, 2.05) is 24.3 Å². The van der Waals surface area contributed by atoms with Crippen LogP contribution >= 0.6 is 0 Å². The van der Waals surface area contributed by atoms with Crippen LogP contribution in [0.15, 0.2) is 71.7 Å². The second-order valence-corrected chi connectivity index (χ2v) is 7.55. The maximum atomic E-state index is 13.4. The Morgan fingerprint density at radius 2 is 1.87 bits per heavy atom. The van der Waals surface area contributed by atoms with Gasteiger partial charge >= 0.3 is 0 Å². The lowest BCUT2D eigenvalue weighted by Gasteiger charge is -2.26. The highest BCUT2D eigenvalue weighted by Gasteiger charge is 2.33. The van der Waals surface area contributed by atoms with E-state index in [-0.39, 0.29) is 22.7 Å². The number of hydrogen-bond donors (Lipinski definition) is 3. The second kappa shape index (κ2) is 7.31. The molecule has 0 fully saturated rings. The van der Waals surface area contributed by atoms with Gasteiger partial charge in [0.05, 0.1) is 5.56 Å². The highest BCUT2D eigenvalue weighted by atomic mass is 16.3. The zero-order valence-corrected chi connectivity index (χ0v) is 16.3. The normalized spacial score (nSPS) is 15.8. The first kappa shape index (κ1) is 18.4. The molecule has 150 valence electrons. The Labute approximate surface area is 172 Å². The van der Waals surface area contributed by atoms with E-state index >= 15 is 0 Å². The lowest BCUT2D eigenvalue weighted by molar-refractivity contribution is 0.0934. The lowest BCUT2D eigenvalue weighted by atomic mass is 9.94. The monoisotopic (exact) mass is 399 g/mol. The Kier molecular flexibility index (Phi) is 4.48. The van der Waals surface area contributed by atoms with Crippen molar-refractivity contribution in [3.63, 3.8) is 0 Å². The highest BCUT2D eigenvalue weighted by molar-refractivity contribution is 6.02. The number of carbonyl (C=O) groups is 1. The number of phenols is 1. The summed E-state index contributed by atoms with van der Waals surface area (Å²) in [7, 11) is 0. The minimum absolute atomic E-state index is 0.157. The van der Waals surface area contributed by atoms with E-state index in [1.165, 1.54) is 6.20 Å². The molecule has 0 bridgehead atoms. The van der Waals surface area contributed by atoms with E-state index in [9.17, 15) is 14.7 Å². The van der Waals surface area contributed by atoms with Crippen LogP contribution in [-0.2, 0) is 13.0 Å². The Hall–Kier alpha value is -3.64. The molecule has 0 saturated heterocycles. The fourth-order valence-electron chi connectivity index (χ4n) is 4.37. The Balaban J connectivity index is 1.68. The van der Waals surface area contributed by atoms with E-state index < -0.39 is 6.04 Å². The van der Waals surface area contributed by atoms with E-state index in [4.69, 9.17) is 0 Å². The molecule has 1 aliphatic rings. The fraction of sp³-hybridized carbons (Fsp3) is 0.167. The number of hydrogen-bond acceptors (Lipinski definition) is 4. The second-order valence-electron chi connectivity index (χ2n) is 7.55. The number of nitrogens with one attached hydrogen (secondary N) is 2. The average Bonchev–Trinajstić information content (AvgIpc) is 3.09. The predicted octanol–water partition coefficient (Wildman–Crippen LogP) is 3.15. The van der Waals surface area contributed by atoms with Crippen LogP contribution in [0.2, 0.25) is 0 Å². The Bertz CT molecular complexity index is 1300. The van der Waals surface area contributed by atoms with Gasteiger partial charge in [-0.05, 0) is 47.9 Å².